The van der Waals surface area contributed by atoms with Gasteiger partial charge in [0.05, 0.1) is 0 Å². The van der Waals surface area contributed by atoms with E-state index in [9.17, 15) is 4.79 Å². The monoisotopic (exact) mass is 282 g/mol. The molecular weight excluding hydrogens is 252 g/mol. The van der Waals surface area contributed by atoms with Gasteiger partial charge in [0, 0.05) is 12.3 Å². The van der Waals surface area contributed by atoms with Gasteiger partial charge < -0.3 is 0 Å². The Labute approximate surface area is 123 Å². The average molecular weight is 282 g/mol. The Kier molecular flexibility index (Phi) is 6.76. The third-order valence-corrected chi connectivity index (χ3v) is 6.15. The fourth-order valence-corrected chi connectivity index (χ4v) is 4.87. The summed E-state index contributed by atoms with van der Waals surface area (Å²) in [6.45, 7) is 2.28. The molecule has 0 aromatic carbocycles. The van der Waals surface area contributed by atoms with Crippen LogP contribution >= 0.6 is 11.8 Å². The summed E-state index contributed by atoms with van der Waals surface area (Å²) in [5.41, 5.74) is 0. The van der Waals surface area contributed by atoms with Crippen molar-refractivity contribution in [2.24, 2.45) is 17.8 Å². The lowest BCUT2D eigenvalue weighted by molar-refractivity contribution is -0.125. The van der Waals surface area contributed by atoms with Crippen LogP contribution in [0.4, 0.5) is 0 Å². The number of unbranched alkanes of at least 4 members (excludes halogenated alkanes) is 1. The van der Waals surface area contributed by atoms with Gasteiger partial charge in [-0.2, -0.15) is 11.8 Å². The summed E-state index contributed by atoms with van der Waals surface area (Å²) in [7, 11) is 0. The van der Waals surface area contributed by atoms with Crippen molar-refractivity contribution in [3.63, 3.8) is 0 Å². The molecule has 0 bridgehead atoms. The molecule has 2 heteroatoms. The zero-order valence-corrected chi connectivity index (χ0v) is 13.4. The Morgan fingerprint density at radius 1 is 1.00 bits per heavy atom. The normalized spacial score (nSPS) is 29.3. The van der Waals surface area contributed by atoms with Gasteiger partial charge in [-0.25, -0.2) is 0 Å². The molecule has 1 aliphatic heterocycles. The predicted octanol–water partition coefficient (Wildman–Crippen LogP) is 5.09. The summed E-state index contributed by atoms with van der Waals surface area (Å²) in [4.78, 5) is 12.4. The summed E-state index contributed by atoms with van der Waals surface area (Å²) in [5.74, 6) is 5.23. The Bertz CT molecular complexity index is 262. The largest absolute Gasteiger partial charge is 0.299 e. The van der Waals surface area contributed by atoms with Gasteiger partial charge in [-0.1, -0.05) is 26.2 Å². The first kappa shape index (κ1) is 15.4. The number of hydrogen-bond acceptors (Lipinski definition) is 2. The quantitative estimate of drug-likeness (QED) is 0.675. The van der Waals surface area contributed by atoms with Crippen molar-refractivity contribution in [1.82, 2.24) is 0 Å². The standard InChI is InChI=1S/C17H30OS/c1-2-3-4-14-5-7-16(8-6-14)17(18)13-15-9-11-19-12-10-15/h14-16H,2-13H2,1H3. The molecule has 2 fully saturated rings. The van der Waals surface area contributed by atoms with Crippen molar-refractivity contribution in [2.75, 3.05) is 11.5 Å². The van der Waals surface area contributed by atoms with Crippen molar-refractivity contribution in [1.29, 1.82) is 0 Å². The van der Waals surface area contributed by atoms with Crippen LogP contribution in [0.25, 0.3) is 0 Å². The van der Waals surface area contributed by atoms with Crippen LogP contribution in [0.2, 0.25) is 0 Å². The number of rotatable bonds is 6. The van der Waals surface area contributed by atoms with Crippen molar-refractivity contribution in [3.8, 4) is 0 Å². The van der Waals surface area contributed by atoms with E-state index < -0.39 is 0 Å². The van der Waals surface area contributed by atoms with Crippen molar-refractivity contribution < 1.29 is 4.79 Å². The SMILES string of the molecule is CCCCC1CCC(C(=O)CC2CCSCC2)CC1. The second-order valence-electron chi connectivity index (χ2n) is 6.59. The molecule has 1 aliphatic carbocycles. The molecule has 2 aliphatic rings. The number of hydrogen-bond donors (Lipinski definition) is 0. The molecule has 0 N–H and O–H groups in total. The van der Waals surface area contributed by atoms with Crippen LogP contribution in [0.5, 0.6) is 0 Å². The number of carbonyl (C=O) groups is 1. The van der Waals surface area contributed by atoms with E-state index in [-0.39, 0.29) is 0 Å². The van der Waals surface area contributed by atoms with E-state index in [1.165, 1.54) is 69.3 Å². The minimum atomic E-state index is 0.424. The molecule has 0 amide bonds. The number of thioether (sulfide) groups is 1. The van der Waals surface area contributed by atoms with Gasteiger partial charge in [-0.15, -0.1) is 0 Å². The van der Waals surface area contributed by atoms with E-state index in [4.69, 9.17) is 0 Å². The fraction of sp³-hybridized carbons (Fsp3) is 0.941. The van der Waals surface area contributed by atoms with Gasteiger partial charge in [0.1, 0.15) is 5.78 Å². The maximum absolute atomic E-state index is 12.4. The third-order valence-electron chi connectivity index (χ3n) is 5.10. The third kappa shape index (κ3) is 5.13. The van der Waals surface area contributed by atoms with E-state index in [2.05, 4.69) is 18.7 Å². The molecule has 1 saturated carbocycles. The fourth-order valence-electron chi connectivity index (χ4n) is 3.67. The maximum Gasteiger partial charge on any atom is 0.136 e. The minimum Gasteiger partial charge on any atom is -0.299 e. The van der Waals surface area contributed by atoms with Gasteiger partial charge in [0.2, 0.25) is 0 Å². The van der Waals surface area contributed by atoms with Crippen molar-refractivity contribution in [3.05, 3.63) is 0 Å². The molecule has 1 saturated heterocycles. The predicted molar refractivity (Wildman–Crippen MR) is 84.6 cm³/mol. The van der Waals surface area contributed by atoms with E-state index >= 15 is 0 Å². The first-order valence-electron chi connectivity index (χ1n) is 8.40. The van der Waals surface area contributed by atoms with Gasteiger partial charge in [-0.3, -0.25) is 4.79 Å². The lowest BCUT2D eigenvalue weighted by atomic mass is 9.76. The molecule has 1 heterocycles. The summed E-state index contributed by atoms with van der Waals surface area (Å²) >= 11 is 2.06. The van der Waals surface area contributed by atoms with Gasteiger partial charge in [0.25, 0.3) is 0 Å². The highest BCUT2D eigenvalue weighted by molar-refractivity contribution is 7.99. The lowest BCUT2D eigenvalue weighted by Gasteiger charge is -2.29. The highest BCUT2D eigenvalue weighted by atomic mass is 32.2. The molecule has 0 radical (unpaired) electrons. The molecule has 1 nitrogen and oxygen atoms in total. The zero-order valence-electron chi connectivity index (χ0n) is 12.5. The first-order chi connectivity index (χ1) is 9.29. The Hall–Kier alpha value is 0.0200. The Morgan fingerprint density at radius 2 is 1.68 bits per heavy atom. The van der Waals surface area contributed by atoms with E-state index in [0.29, 0.717) is 17.6 Å². The summed E-state index contributed by atoms with van der Waals surface area (Å²) in [6.07, 6.45) is 12.6. The van der Waals surface area contributed by atoms with Crippen LogP contribution in [-0.4, -0.2) is 17.3 Å². The summed E-state index contributed by atoms with van der Waals surface area (Å²) < 4.78 is 0. The van der Waals surface area contributed by atoms with E-state index in [1.54, 1.807) is 0 Å². The topological polar surface area (TPSA) is 17.1 Å². The van der Waals surface area contributed by atoms with Crippen LogP contribution in [0.1, 0.15) is 71.1 Å². The number of Topliss-reactive ketones (excluding diaryl/α,β-unsaturated/α-hetero) is 1. The van der Waals surface area contributed by atoms with Gasteiger partial charge in [0.15, 0.2) is 0 Å². The molecule has 0 atom stereocenters. The molecule has 0 aromatic rings. The van der Waals surface area contributed by atoms with Gasteiger partial charge >= 0.3 is 0 Å². The van der Waals surface area contributed by atoms with Crippen molar-refractivity contribution >= 4 is 17.5 Å². The van der Waals surface area contributed by atoms with Crippen LogP contribution in [0.3, 0.4) is 0 Å². The number of carbonyl (C=O) groups excluding carboxylic acids is 1. The average Bonchev–Trinajstić information content (AvgIpc) is 2.46. The summed E-state index contributed by atoms with van der Waals surface area (Å²) in [5, 5.41) is 0. The van der Waals surface area contributed by atoms with Crippen molar-refractivity contribution in [2.45, 2.75) is 71.1 Å². The molecule has 0 spiro atoms. The second kappa shape index (κ2) is 8.34. The van der Waals surface area contributed by atoms with Crippen LogP contribution in [0.15, 0.2) is 0 Å². The highest BCUT2D eigenvalue weighted by Crippen LogP contribution is 2.34. The highest BCUT2D eigenvalue weighted by Gasteiger charge is 2.27. The molecule has 2 rings (SSSR count). The molecule has 110 valence electrons. The maximum atomic E-state index is 12.4. The van der Waals surface area contributed by atoms with Gasteiger partial charge in [-0.05, 0) is 61.9 Å². The van der Waals surface area contributed by atoms with Crippen LogP contribution < -0.4 is 0 Å². The zero-order chi connectivity index (χ0) is 13.5. The van der Waals surface area contributed by atoms with Crippen LogP contribution in [-0.2, 0) is 4.79 Å². The van der Waals surface area contributed by atoms with Crippen LogP contribution in [0, 0.1) is 17.8 Å². The smallest absolute Gasteiger partial charge is 0.136 e. The minimum absolute atomic E-state index is 0.424. The van der Waals surface area contributed by atoms with E-state index in [1.807, 2.05) is 0 Å². The Morgan fingerprint density at radius 3 is 2.32 bits per heavy atom. The molecular formula is C17H30OS. The second-order valence-corrected chi connectivity index (χ2v) is 7.81. The number of ketones is 1. The molecule has 0 unspecified atom stereocenters. The molecule has 0 aromatic heterocycles. The Balaban J connectivity index is 1.67. The molecule has 19 heavy (non-hydrogen) atoms. The lowest BCUT2D eigenvalue weighted by Crippen LogP contribution is -2.25. The summed E-state index contributed by atoms with van der Waals surface area (Å²) in [6, 6.07) is 0. The first-order valence-corrected chi connectivity index (χ1v) is 9.55. The van der Waals surface area contributed by atoms with E-state index in [0.717, 1.165) is 12.3 Å².